The normalized spacial score (nSPS) is 10.7. The lowest BCUT2D eigenvalue weighted by Gasteiger charge is -2.13. The molecule has 0 heterocycles. The molecule has 0 saturated carbocycles. The molecule has 0 bridgehead atoms. The molecule has 0 unspecified atom stereocenters. The zero-order valence-electron chi connectivity index (χ0n) is 12.9. The number of aryl methyl sites for hydroxylation is 2. The van der Waals surface area contributed by atoms with E-state index in [1.54, 1.807) is 0 Å². The van der Waals surface area contributed by atoms with E-state index >= 15 is 0 Å². The Morgan fingerprint density at radius 3 is 2.48 bits per heavy atom. The molecule has 0 aromatic heterocycles. The van der Waals surface area contributed by atoms with Crippen molar-refractivity contribution in [2.75, 3.05) is 6.54 Å². The van der Waals surface area contributed by atoms with Crippen LogP contribution in [0.15, 0.2) is 36.4 Å². The molecule has 1 N–H and O–H groups in total. The van der Waals surface area contributed by atoms with Crippen LogP contribution in [0.5, 0.6) is 11.5 Å². The Hall–Kier alpha value is -1.51. The Morgan fingerprint density at radius 2 is 1.81 bits per heavy atom. The molecule has 0 fully saturated rings. The van der Waals surface area contributed by atoms with Gasteiger partial charge in [0.1, 0.15) is 11.5 Å². The predicted octanol–water partition coefficient (Wildman–Crippen LogP) is 5.25. The van der Waals surface area contributed by atoms with Gasteiger partial charge in [-0.25, -0.2) is 0 Å². The molecule has 0 atom stereocenters. The van der Waals surface area contributed by atoms with Gasteiger partial charge in [0.2, 0.25) is 0 Å². The van der Waals surface area contributed by atoms with Gasteiger partial charge in [0.15, 0.2) is 0 Å². The Kier molecular flexibility index (Phi) is 5.66. The zero-order chi connectivity index (χ0) is 15.2. The van der Waals surface area contributed by atoms with Gasteiger partial charge in [-0.3, -0.25) is 0 Å². The summed E-state index contributed by atoms with van der Waals surface area (Å²) in [5, 5.41) is 4.14. The van der Waals surface area contributed by atoms with E-state index in [0.29, 0.717) is 0 Å². The summed E-state index contributed by atoms with van der Waals surface area (Å²) in [5.41, 5.74) is 3.33. The summed E-state index contributed by atoms with van der Waals surface area (Å²) in [4.78, 5) is 0. The smallest absolute Gasteiger partial charge is 0.133 e. The molecule has 0 spiro atoms. The standard InChI is InChI=1S/C18H22ClNO/c1-4-8-20-12-15-6-5-7-17(11-15)21-18-13(2)9-16(19)10-14(18)3/h5-7,9-11,20H,4,8,12H2,1-3H3. The highest BCUT2D eigenvalue weighted by atomic mass is 35.5. The summed E-state index contributed by atoms with van der Waals surface area (Å²) in [6.45, 7) is 8.09. The second-order valence-electron chi connectivity index (χ2n) is 5.29. The maximum Gasteiger partial charge on any atom is 0.133 e. The fraction of sp³-hybridized carbons (Fsp3) is 0.333. The van der Waals surface area contributed by atoms with E-state index in [-0.39, 0.29) is 0 Å². The van der Waals surface area contributed by atoms with Crippen LogP contribution in [-0.2, 0) is 6.54 Å². The summed E-state index contributed by atoms with van der Waals surface area (Å²) < 4.78 is 6.06. The third-order valence-electron chi connectivity index (χ3n) is 3.30. The highest BCUT2D eigenvalue weighted by Crippen LogP contribution is 2.31. The fourth-order valence-electron chi connectivity index (χ4n) is 2.30. The van der Waals surface area contributed by atoms with Crippen molar-refractivity contribution in [2.24, 2.45) is 0 Å². The van der Waals surface area contributed by atoms with Gasteiger partial charge in [-0.05, 0) is 67.8 Å². The van der Waals surface area contributed by atoms with Gasteiger partial charge in [0, 0.05) is 11.6 Å². The van der Waals surface area contributed by atoms with Gasteiger partial charge in [0.05, 0.1) is 0 Å². The van der Waals surface area contributed by atoms with Crippen molar-refractivity contribution in [1.82, 2.24) is 5.32 Å². The molecule has 0 saturated heterocycles. The molecule has 0 radical (unpaired) electrons. The second kappa shape index (κ2) is 7.48. The van der Waals surface area contributed by atoms with Gasteiger partial charge >= 0.3 is 0 Å². The van der Waals surface area contributed by atoms with Gasteiger partial charge in [0.25, 0.3) is 0 Å². The predicted molar refractivity (Wildman–Crippen MR) is 89.4 cm³/mol. The first-order valence-electron chi connectivity index (χ1n) is 7.34. The Balaban J connectivity index is 2.15. The van der Waals surface area contributed by atoms with Crippen LogP contribution in [0.25, 0.3) is 0 Å². The van der Waals surface area contributed by atoms with Crippen LogP contribution >= 0.6 is 11.6 Å². The third-order valence-corrected chi connectivity index (χ3v) is 3.52. The van der Waals surface area contributed by atoms with Crippen LogP contribution in [0, 0.1) is 13.8 Å². The maximum atomic E-state index is 6.06. The number of rotatable bonds is 6. The molecule has 0 aliphatic rings. The van der Waals surface area contributed by atoms with E-state index in [2.05, 4.69) is 24.4 Å². The summed E-state index contributed by atoms with van der Waals surface area (Å²) in [7, 11) is 0. The van der Waals surface area contributed by atoms with Gasteiger partial charge in [-0.15, -0.1) is 0 Å². The lowest BCUT2D eigenvalue weighted by Crippen LogP contribution is -2.13. The quantitative estimate of drug-likeness (QED) is 0.736. The first-order valence-corrected chi connectivity index (χ1v) is 7.72. The van der Waals surface area contributed by atoms with E-state index < -0.39 is 0 Å². The van der Waals surface area contributed by atoms with Crippen LogP contribution in [0.2, 0.25) is 5.02 Å². The minimum absolute atomic E-state index is 0.745. The number of ether oxygens (including phenoxy) is 1. The molecular weight excluding hydrogens is 282 g/mol. The maximum absolute atomic E-state index is 6.06. The summed E-state index contributed by atoms with van der Waals surface area (Å²) >= 11 is 6.06. The summed E-state index contributed by atoms with van der Waals surface area (Å²) in [6.07, 6.45) is 1.14. The minimum atomic E-state index is 0.745. The Bertz CT molecular complexity index is 587. The van der Waals surface area contributed by atoms with Crippen LogP contribution in [0.3, 0.4) is 0 Å². The zero-order valence-corrected chi connectivity index (χ0v) is 13.6. The number of nitrogens with one attached hydrogen (secondary N) is 1. The lowest BCUT2D eigenvalue weighted by molar-refractivity contribution is 0.474. The van der Waals surface area contributed by atoms with Gasteiger partial charge in [-0.1, -0.05) is 30.7 Å². The molecule has 112 valence electrons. The van der Waals surface area contributed by atoms with E-state index in [4.69, 9.17) is 16.3 Å². The van der Waals surface area contributed by atoms with Gasteiger partial charge in [-0.2, -0.15) is 0 Å². The molecule has 2 nitrogen and oxygen atoms in total. The van der Waals surface area contributed by atoms with Crippen molar-refractivity contribution in [3.05, 3.63) is 58.1 Å². The largest absolute Gasteiger partial charge is 0.457 e. The molecule has 3 heteroatoms. The van der Waals surface area contributed by atoms with Crippen LogP contribution in [-0.4, -0.2) is 6.54 Å². The van der Waals surface area contributed by atoms with Gasteiger partial charge < -0.3 is 10.1 Å². The third kappa shape index (κ3) is 4.48. The van der Waals surface area contributed by atoms with E-state index in [1.807, 2.05) is 38.1 Å². The minimum Gasteiger partial charge on any atom is -0.457 e. The highest BCUT2D eigenvalue weighted by Gasteiger charge is 2.07. The lowest BCUT2D eigenvalue weighted by atomic mass is 10.1. The first-order chi connectivity index (χ1) is 10.1. The number of hydrogen-bond donors (Lipinski definition) is 1. The number of halogens is 1. The molecule has 0 amide bonds. The van der Waals surface area contributed by atoms with E-state index in [1.165, 1.54) is 5.56 Å². The second-order valence-corrected chi connectivity index (χ2v) is 5.73. The molecule has 0 aliphatic carbocycles. The van der Waals surface area contributed by atoms with Crippen LogP contribution < -0.4 is 10.1 Å². The summed E-state index contributed by atoms with van der Waals surface area (Å²) in [5.74, 6) is 1.75. The Morgan fingerprint density at radius 1 is 1.10 bits per heavy atom. The Labute approximate surface area is 132 Å². The van der Waals surface area contributed by atoms with E-state index in [0.717, 1.165) is 47.2 Å². The SMILES string of the molecule is CCCNCc1cccc(Oc2c(C)cc(Cl)cc2C)c1. The molecule has 2 aromatic carbocycles. The molecule has 21 heavy (non-hydrogen) atoms. The number of benzene rings is 2. The molecule has 0 aliphatic heterocycles. The monoisotopic (exact) mass is 303 g/mol. The average Bonchev–Trinajstić information content (AvgIpc) is 2.44. The van der Waals surface area contributed by atoms with Crippen molar-refractivity contribution in [1.29, 1.82) is 0 Å². The first kappa shape index (κ1) is 15.9. The van der Waals surface area contributed by atoms with E-state index in [9.17, 15) is 0 Å². The van der Waals surface area contributed by atoms with Crippen LogP contribution in [0.1, 0.15) is 30.0 Å². The van der Waals surface area contributed by atoms with Crippen molar-refractivity contribution >= 4 is 11.6 Å². The van der Waals surface area contributed by atoms with Crippen molar-refractivity contribution in [2.45, 2.75) is 33.7 Å². The van der Waals surface area contributed by atoms with Crippen molar-refractivity contribution in [3.63, 3.8) is 0 Å². The van der Waals surface area contributed by atoms with Crippen molar-refractivity contribution in [3.8, 4) is 11.5 Å². The topological polar surface area (TPSA) is 21.3 Å². The molecular formula is C18H22ClNO. The number of hydrogen-bond acceptors (Lipinski definition) is 2. The highest BCUT2D eigenvalue weighted by molar-refractivity contribution is 6.30. The van der Waals surface area contributed by atoms with Crippen LogP contribution in [0.4, 0.5) is 0 Å². The summed E-state index contributed by atoms with van der Waals surface area (Å²) in [6, 6.07) is 12.1. The molecule has 2 rings (SSSR count). The fourth-order valence-corrected chi connectivity index (χ4v) is 2.63. The average molecular weight is 304 g/mol. The van der Waals surface area contributed by atoms with Crippen molar-refractivity contribution < 1.29 is 4.74 Å². The molecule has 2 aromatic rings.